The van der Waals surface area contributed by atoms with Gasteiger partial charge in [0.2, 0.25) is 0 Å². The largest absolute Gasteiger partial charge is 0.489 e. The van der Waals surface area contributed by atoms with Crippen molar-refractivity contribution in [2.24, 2.45) is 4.99 Å². The molecule has 5 heteroatoms. The van der Waals surface area contributed by atoms with Gasteiger partial charge in [0.25, 0.3) is 0 Å². The van der Waals surface area contributed by atoms with E-state index in [9.17, 15) is 9.18 Å². The molecule has 0 spiro atoms. The van der Waals surface area contributed by atoms with E-state index in [1.54, 1.807) is 18.2 Å². The van der Waals surface area contributed by atoms with Gasteiger partial charge in [0.15, 0.2) is 0 Å². The van der Waals surface area contributed by atoms with E-state index in [2.05, 4.69) is 4.99 Å². The maximum atomic E-state index is 13.6. The summed E-state index contributed by atoms with van der Waals surface area (Å²) in [5.74, 6) is 0.0863. The van der Waals surface area contributed by atoms with Crippen LogP contribution in [0.15, 0.2) is 53.5 Å². The highest BCUT2D eigenvalue weighted by Gasteiger charge is 2.25. The first-order chi connectivity index (χ1) is 11.7. The lowest BCUT2D eigenvalue weighted by Crippen LogP contribution is -2.16. The molecular formula is C19H18FNO3. The topological polar surface area (TPSA) is 47.9 Å². The minimum absolute atomic E-state index is 0.178. The Labute approximate surface area is 139 Å². The fourth-order valence-corrected chi connectivity index (χ4v) is 2.64. The number of halogens is 1. The number of rotatable bonds is 5. The molecule has 1 atom stereocenters. The van der Waals surface area contributed by atoms with Gasteiger partial charge in [0.1, 0.15) is 24.2 Å². The van der Waals surface area contributed by atoms with Crippen molar-refractivity contribution in [3.05, 3.63) is 65.5 Å². The van der Waals surface area contributed by atoms with Crippen LogP contribution in [0.2, 0.25) is 0 Å². The molecule has 1 unspecified atom stereocenters. The highest BCUT2D eigenvalue weighted by molar-refractivity contribution is 6.03. The second-order valence-corrected chi connectivity index (χ2v) is 5.56. The smallest absolute Gasteiger partial charge is 0.330 e. The van der Waals surface area contributed by atoms with Gasteiger partial charge in [0, 0.05) is 11.3 Å². The molecule has 0 radical (unpaired) electrons. The number of esters is 1. The van der Waals surface area contributed by atoms with Gasteiger partial charge >= 0.3 is 5.97 Å². The average molecular weight is 327 g/mol. The Hall–Kier alpha value is -2.69. The number of ether oxygens (including phenoxy) is 2. The molecule has 0 amide bonds. The molecule has 3 rings (SSSR count). The molecule has 1 aliphatic rings. The third kappa shape index (κ3) is 3.62. The predicted octanol–water partition coefficient (Wildman–Crippen LogP) is 3.53. The number of hydrogen-bond acceptors (Lipinski definition) is 4. The van der Waals surface area contributed by atoms with E-state index >= 15 is 0 Å². The van der Waals surface area contributed by atoms with E-state index in [1.807, 2.05) is 24.3 Å². The SMILES string of the molecule is COC(=O)C1CCC(c2ccc(OCc3ccccc3F)cc2)=N1. The van der Waals surface area contributed by atoms with E-state index in [0.717, 1.165) is 17.7 Å². The fraction of sp³-hybridized carbons (Fsp3) is 0.263. The summed E-state index contributed by atoms with van der Waals surface area (Å²) in [4.78, 5) is 15.9. The second-order valence-electron chi connectivity index (χ2n) is 5.56. The van der Waals surface area contributed by atoms with E-state index in [1.165, 1.54) is 13.2 Å². The summed E-state index contributed by atoms with van der Waals surface area (Å²) < 4.78 is 23.9. The second kappa shape index (κ2) is 7.25. The summed E-state index contributed by atoms with van der Waals surface area (Å²) in [7, 11) is 1.37. The first-order valence-corrected chi connectivity index (χ1v) is 7.78. The van der Waals surface area contributed by atoms with Crippen LogP contribution in [-0.4, -0.2) is 24.8 Å². The van der Waals surface area contributed by atoms with Gasteiger partial charge in [-0.1, -0.05) is 18.2 Å². The predicted molar refractivity (Wildman–Crippen MR) is 88.7 cm³/mol. The van der Waals surface area contributed by atoms with Gasteiger partial charge in [0.05, 0.1) is 7.11 Å². The van der Waals surface area contributed by atoms with Crippen LogP contribution in [0.5, 0.6) is 5.75 Å². The van der Waals surface area contributed by atoms with Crippen molar-refractivity contribution < 1.29 is 18.7 Å². The Morgan fingerprint density at radius 1 is 1.21 bits per heavy atom. The van der Waals surface area contributed by atoms with Crippen LogP contribution < -0.4 is 4.74 Å². The monoisotopic (exact) mass is 327 g/mol. The highest BCUT2D eigenvalue weighted by atomic mass is 19.1. The Balaban J connectivity index is 1.64. The van der Waals surface area contributed by atoms with Crippen LogP contribution in [0.4, 0.5) is 4.39 Å². The van der Waals surface area contributed by atoms with Crippen molar-refractivity contribution >= 4 is 11.7 Å². The van der Waals surface area contributed by atoms with Crippen LogP contribution in [0.3, 0.4) is 0 Å². The van der Waals surface area contributed by atoms with E-state index in [4.69, 9.17) is 9.47 Å². The van der Waals surface area contributed by atoms with Gasteiger partial charge in [-0.2, -0.15) is 0 Å². The zero-order valence-corrected chi connectivity index (χ0v) is 13.4. The Kier molecular flexibility index (Phi) is 4.89. The van der Waals surface area contributed by atoms with Gasteiger partial charge in [-0.3, -0.25) is 4.99 Å². The fourth-order valence-electron chi connectivity index (χ4n) is 2.64. The van der Waals surface area contributed by atoms with Crippen molar-refractivity contribution in [3.8, 4) is 5.75 Å². The van der Waals surface area contributed by atoms with Crippen LogP contribution in [-0.2, 0) is 16.1 Å². The number of methoxy groups -OCH3 is 1. The number of carbonyl (C=O) groups excluding carboxylic acids is 1. The molecule has 2 aromatic carbocycles. The van der Waals surface area contributed by atoms with Crippen LogP contribution in [0.25, 0.3) is 0 Å². The van der Waals surface area contributed by atoms with Crippen LogP contribution in [0, 0.1) is 5.82 Å². The Bertz CT molecular complexity index is 755. The Morgan fingerprint density at radius 2 is 1.96 bits per heavy atom. The molecule has 0 fully saturated rings. The summed E-state index contributed by atoms with van der Waals surface area (Å²) in [6.07, 6.45) is 1.42. The molecule has 4 nitrogen and oxygen atoms in total. The molecule has 1 aliphatic heterocycles. The number of carbonyl (C=O) groups is 1. The van der Waals surface area contributed by atoms with Gasteiger partial charge < -0.3 is 9.47 Å². The van der Waals surface area contributed by atoms with Crippen LogP contribution >= 0.6 is 0 Å². The first kappa shape index (κ1) is 16.2. The van der Waals surface area contributed by atoms with Crippen molar-refractivity contribution in [1.29, 1.82) is 0 Å². The zero-order chi connectivity index (χ0) is 16.9. The summed E-state index contributed by atoms with van der Waals surface area (Å²) in [6, 6.07) is 13.6. The summed E-state index contributed by atoms with van der Waals surface area (Å²) in [5.41, 5.74) is 2.37. The number of hydrogen-bond donors (Lipinski definition) is 0. The average Bonchev–Trinajstić information content (AvgIpc) is 3.11. The lowest BCUT2D eigenvalue weighted by Gasteiger charge is -2.08. The molecule has 0 aliphatic carbocycles. The van der Waals surface area contributed by atoms with Gasteiger partial charge in [-0.25, -0.2) is 9.18 Å². The number of benzene rings is 2. The maximum absolute atomic E-state index is 13.6. The quantitative estimate of drug-likeness (QED) is 0.789. The Morgan fingerprint density at radius 3 is 2.67 bits per heavy atom. The van der Waals surface area contributed by atoms with E-state index in [0.29, 0.717) is 17.7 Å². The summed E-state index contributed by atoms with van der Waals surface area (Å²) >= 11 is 0. The maximum Gasteiger partial charge on any atom is 0.330 e. The molecule has 0 saturated heterocycles. The molecule has 0 aromatic heterocycles. The molecule has 124 valence electrons. The molecule has 0 N–H and O–H groups in total. The third-order valence-corrected chi connectivity index (χ3v) is 3.98. The number of aliphatic imine (C=N–C) groups is 1. The van der Waals surface area contributed by atoms with Crippen molar-refractivity contribution in [3.63, 3.8) is 0 Å². The normalized spacial score (nSPS) is 16.6. The molecule has 2 aromatic rings. The van der Waals surface area contributed by atoms with Gasteiger partial charge in [-0.05, 0) is 48.7 Å². The first-order valence-electron chi connectivity index (χ1n) is 7.78. The third-order valence-electron chi connectivity index (χ3n) is 3.98. The van der Waals surface area contributed by atoms with E-state index in [-0.39, 0.29) is 18.4 Å². The molecule has 0 bridgehead atoms. The highest BCUT2D eigenvalue weighted by Crippen LogP contribution is 2.22. The molecular weight excluding hydrogens is 309 g/mol. The minimum atomic E-state index is -0.401. The van der Waals surface area contributed by atoms with Crippen LogP contribution in [0.1, 0.15) is 24.0 Å². The van der Waals surface area contributed by atoms with E-state index < -0.39 is 6.04 Å². The van der Waals surface area contributed by atoms with Crippen molar-refractivity contribution in [1.82, 2.24) is 0 Å². The zero-order valence-electron chi connectivity index (χ0n) is 13.4. The lowest BCUT2D eigenvalue weighted by atomic mass is 10.1. The molecule has 0 saturated carbocycles. The van der Waals surface area contributed by atoms with Gasteiger partial charge in [-0.15, -0.1) is 0 Å². The molecule has 1 heterocycles. The number of nitrogens with zero attached hydrogens (tertiary/aromatic N) is 1. The standard InChI is InChI=1S/C19H18FNO3/c1-23-19(22)18-11-10-17(21-18)13-6-8-15(9-7-13)24-12-14-4-2-3-5-16(14)20/h2-9,18H,10-12H2,1H3. The van der Waals surface area contributed by atoms with Crippen molar-refractivity contribution in [2.45, 2.75) is 25.5 Å². The lowest BCUT2D eigenvalue weighted by molar-refractivity contribution is -0.141. The van der Waals surface area contributed by atoms with Crippen molar-refractivity contribution in [2.75, 3.05) is 7.11 Å². The summed E-state index contributed by atoms with van der Waals surface area (Å²) in [5, 5.41) is 0. The minimum Gasteiger partial charge on any atom is -0.489 e. The molecule has 24 heavy (non-hydrogen) atoms. The summed E-state index contributed by atoms with van der Waals surface area (Å²) in [6.45, 7) is 0.178.